The lowest BCUT2D eigenvalue weighted by Gasteiger charge is -2.38. The van der Waals surface area contributed by atoms with Gasteiger partial charge in [0.15, 0.2) is 0 Å². The molecule has 0 aromatic heterocycles. The fraction of sp³-hybridized carbons (Fsp3) is 0.846. The number of aliphatic carboxylic acids is 1. The fourth-order valence-electron chi connectivity index (χ4n) is 2.44. The first-order valence-corrected chi connectivity index (χ1v) is 8.85. The van der Waals surface area contributed by atoms with Crippen LogP contribution in [-0.2, 0) is 24.5 Å². The Morgan fingerprint density at radius 1 is 1.35 bits per heavy atom. The van der Waals surface area contributed by atoms with Gasteiger partial charge in [0.25, 0.3) is 10.2 Å². The number of rotatable bonds is 7. The second-order valence-electron chi connectivity index (χ2n) is 5.69. The van der Waals surface area contributed by atoms with Crippen LogP contribution in [0.2, 0.25) is 0 Å². The van der Waals surface area contributed by atoms with Gasteiger partial charge in [-0.2, -0.15) is 17.0 Å². The number of carbonyl (C=O) groups is 2. The van der Waals surface area contributed by atoms with Crippen LogP contribution in [0, 0.1) is 0 Å². The second kappa shape index (κ2) is 8.04. The van der Waals surface area contributed by atoms with E-state index in [0.717, 1.165) is 4.31 Å². The number of morpholine rings is 1. The summed E-state index contributed by atoms with van der Waals surface area (Å²) in [6.07, 6.45) is -0.545. The van der Waals surface area contributed by atoms with Gasteiger partial charge in [0.1, 0.15) is 6.04 Å². The molecule has 0 saturated carbocycles. The Hall–Kier alpha value is -1.23. The van der Waals surface area contributed by atoms with Gasteiger partial charge in [-0.25, -0.2) is 0 Å². The number of carboxylic acid groups (broad SMARTS) is 1. The first-order valence-electron chi connectivity index (χ1n) is 7.45. The second-order valence-corrected chi connectivity index (χ2v) is 7.57. The summed E-state index contributed by atoms with van der Waals surface area (Å²) in [4.78, 5) is 22.2. The van der Waals surface area contributed by atoms with E-state index in [1.807, 2.05) is 0 Å². The van der Waals surface area contributed by atoms with Gasteiger partial charge >= 0.3 is 5.97 Å². The molecule has 0 radical (unpaired) electrons. The molecule has 23 heavy (non-hydrogen) atoms. The zero-order chi connectivity index (χ0) is 17.8. The van der Waals surface area contributed by atoms with Gasteiger partial charge in [0, 0.05) is 33.1 Å². The number of nitrogens with one attached hydrogen (secondary N) is 1. The molecule has 9 nitrogen and oxygen atoms in total. The van der Waals surface area contributed by atoms with Crippen molar-refractivity contribution in [2.75, 3.05) is 26.2 Å². The summed E-state index contributed by atoms with van der Waals surface area (Å²) in [5.74, 6) is -1.55. The van der Waals surface area contributed by atoms with E-state index in [9.17, 15) is 23.1 Å². The molecule has 3 unspecified atom stereocenters. The normalized spacial score (nSPS) is 24.4. The fourth-order valence-corrected chi connectivity index (χ4v) is 4.35. The topological polar surface area (TPSA) is 116 Å². The number of amides is 1. The SMILES string of the molecule is CC(=O)NCCN(C(C)C(=O)O)S(=O)(=O)N1CC(C)OC(C)C1. The van der Waals surface area contributed by atoms with Crippen molar-refractivity contribution < 1.29 is 27.9 Å². The Labute approximate surface area is 136 Å². The van der Waals surface area contributed by atoms with Crippen molar-refractivity contribution in [2.24, 2.45) is 0 Å². The summed E-state index contributed by atoms with van der Waals surface area (Å²) in [7, 11) is -3.98. The van der Waals surface area contributed by atoms with Gasteiger partial charge in [0.2, 0.25) is 5.91 Å². The first-order chi connectivity index (χ1) is 10.6. The zero-order valence-corrected chi connectivity index (χ0v) is 14.7. The summed E-state index contributed by atoms with van der Waals surface area (Å²) in [5.41, 5.74) is 0. The van der Waals surface area contributed by atoms with Gasteiger partial charge in [-0.05, 0) is 20.8 Å². The molecule has 0 aromatic carbocycles. The van der Waals surface area contributed by atoms with Crippen molar-refractivity contribution in [3.8, 4) is 0 Å². The molecule has 0 bridgehead atoms. The summed E-state index contributed by atoms with van der Waals surface area (Å²) < 4.78 is 33.3. The molecule has 2 N–H and O–H groups in total. The predicted molar refractivity (Wildman–Crippen MR) is 83.0 cm³/mol. The number of ether oxygens (including phenoxy) is 1. The minimum atomic E-state index is -3.98. The lowest BCUT2D eigenvalue weighted by molar-refractivity contribution is -0.141. The summed E-state index contributed by atoms with van der Waals surface area (Å²) in [5, 5.41) is 11.7. The van der Waals surface area contributed by atoms with Crippen LogP contribution in [0.5, 0.6) is 0 Å². The van der Waals surface area contributed by atoms with E-state index in [1.54, 1.807) is 13.8 Å². The van der Waals surface area contributed by atoms with Gasteiger partial charge in [0.05, 0.1) is 12.2 Å². The monoisotopic (exact) mass is 351 g/mol. The average Bonchev–Trinajstić information content (AvgIpc) is 2.41. The van der Waals surface area contributed by atoms with Crippen LogP contribution in [0.1, 0.15) is 27.7 Å². The Morgan fingerprint density at radius 2 is 1.87 bits per heavy atom. The lowest BCUT2D eigenvalue weighted by atomic mass is 10.3. The highest BCUT2D eigenvalue weighted by molar-refractivity contribution is 7.86. The molecule has 1 amide bonds. The molecular formula is C13H25N3O6S. The largest absolute Gasteiger partial charge is 0.480 e. The molecule has 134 valence electrons. The van der Waals surface area contributed by atoms with Crippen LogP contribution in [0.15, 0.2) is 0 Å². The minimum Gasteiger partial charge on any atom is -0.480 e. The van der Waals surface area contributed by atoms with E-state index in [1.165, 1.54) is 18.2 Å². The number of carbonyl (C=O) groups excluding carboxylic acids is 1. The zero-order valence-electron chi connectivity index (χ0n) is 13.9. The maximum Gasteiger partial charge on any atom is 0.321 e. The third kappa shape index (κ3) is 5.41. The van der Waals surface area contributed by atoms with Crippen molar-refractivity contribution in [1.82, 2.24) is 13.9 Å². The molecule has 0 aliphatic carbocycles. The standard InChI is InChI=1S/C13H25N3O6S/c1-9-7-15(8-10(2)22-9)23(20,21)16(11(3)13(18)19)6-5-14-12(4)17/h9-11H,5-8H2,1-4H3,(H,14,17)(H,18,19). The van der Waals surface area contributed by atoms with E-state index in [4.69, 9.17) is 4.74 Å². The molecule has 1 rings (SSSR count). The Kier molecular flexibility index (Phi) is 6.93. The number of nitrogens with zero attached hydrogens (tertiary/aromatic N) is 2. The molecular weight excluding hydrogens is 326 g/mol. The molecule has 1 aliphatic heterocycles. The summed E-state index contributed by atoms with van der Waals surface area (Å²) >= 11 is 0. The predicted octanol–water partition coefficient (Wildman–Crippen LogP) is -0.748. The van der Waals surface area contributed by atoms with Crippen LogP contribution >= 0.6 is 0 Å². The molecule has 3 atom stereocenters. The van der Waals surface area contributed by atoms with Crippen LogP contribution in [0.3, 0.4) is 0 Å². The summed E-state index contributed by atoms with van der Waals surface area (Å²) in [6.45, 7) is 6.40. The number of hydrogen-bond acceptors (Lipinski definition) is 5. The molecule has 1 heterocycles. The van der Waals surface area contributed by atoms with Crippen LogP contribution in [0.25, 0.3) is 0 Å². The highest BCUT2D eigenvalue weighted by Gasteiger charge is 2.39. The van der Waals surface area contributed by atoms with Crippen LogP contribution in [0.4, 0.5) is 0 Å². The Bertz CT molecular complexity index is 528. The molecule has 1 aliphatic rings. The molecule has 10 heteroatoms. The summed E-state index contributed by atoms with van der Waals surface area (Å²) in [6, 6.07) is -1.23. The molecule has 0 spiro atoms. The van der Waals surface area contributed by atoms with E-state index >= 15 is 0 Å². The van der Waals surface area contributed by atoms with Crippen molar-refractivity contribution in [2.45, 2.75) is 45.9 Å². The maximum absolute atomic E-state index is 12.8. The van der Waals surface area contributed by atoms with Gasteiger partial charge < -0.3 is 15.2 Å². The first kappa shape index (κ1) is 19.8. The van der Waals surface area contributed by atoms with Crippen LogP contribution < -0.4 is 5.32 Å². The van der Waals surface area contributed by atoms with E-state index in [-0.39, 0.29) is 44.3 Å². The average molecular weight is 351 g/mol. The highest BCUT2D eigenvalue weighted by atomic mass is 32.2. The Balaban J connectivity index is 2.97. The van der Waals surface area contributed by atoms with Crippen molar-refractivity contribution in [3.05, 3.63) is 0 Å². The lowest BCUT2D eigenvalue weighted by Crippen LogP contribution is -2.57. The quantitative estimate of drug-likeness (QED) is 0.623. The minimum absolute atomic E-state index is 0.0433. The van der Waals surface area contributed by atoms with Gasteiger partial charge in [-0.15, -0.1) is 0 Å². The van der Waals surface area contributed by atoms with Gasteiger partial charge in [-0.1, -0.05) is 0 Å². The van der Waals surface area contributed by atoms with E-state index in [2.05, 4.69) is 5.32 Å². The third-order valence-electron chi connectivity index (χ3n) is 3.50. The van der Waals surface area contributed by atoms with Crippen LogP contribution in [-0.4, -0.2) is 78.4 Å². The smallest absolute Gasteiger partial charge is 0.321 e. The van der Waals surface area contributed by atoms with Crippen molar-refractivity contribution >= 4 is 22.1 Å². The van der Waals surface area contributed by atoms with E-state index < -0.39 is 22.2 Å². The van der Waals surface area contributed by atoms with Gasteiger partial charge in [-0.3, -0.25) is 9.59 Å². The third-order valence-corrected chi connectivity index (χ3v) is 5.55. The maximum atomic E-state index is 12.8. The molecule has 1 fully saturated rings. The Morgan fingerprint density at radius 3 is 2.30 bits per heavy atom. The van der Waals surface area contributed by atoms with Crippen molar-refractivity contribution in [1.29, 1.82) is 0 Å². The molecule has 1 saturated heterocycles. The van der Waals surface area contributed by atoms with E-state index in [0.29, 0.717) is 0 Å². The molecule has 0 aromatic rings. The van der Waals surface area contributed by atoms with Crippen molar-refractivity contribution in [3.63, 3.8) is 0 Å². The highest BCUT2D eigenvalue weighted by Crippen LogP contribution is 2.19. The number of hydrogen-bond donors (Lipinski definition) is 2. The number of carboxylic acids is 1.